The van der Waals surface area contributed by atoms with Gasteiger partial charge in [-0.25, -0.2) is 9.59 Å². The minimum atomic E-state index is -1.04. The summed E-state index contributed by atoms with van der Waals surface area (Å²) in [6.07, 6.45) is 1.01. The average Bonchev–Trinajstić information content (AvgIpc) is 2.18. The van der Waals surface area contributed by atoms with Crippen LogP contribution in [0.3, 0.4) is 0 Å². The van der Waals surface area contributed by atoms with Crippen molar-refractivity contribution in [3.05, 3.63) is 24.8 Å². The molecule has 0 spiro atoms. The van der Waals surface area contributed by atoms with Crippen molar-refractivity contribution in [2.24, 2.45) is 0 Å². The first-order valence-electron chi connectivity index (χ1n) is 3.49. The molecule has 6 nitrogen and oxygen atoms in total. The summed E-state index contributed by atoms with van der Waals surface area (Å²) in [7, 11) is 0. The van der Waals surface area contributed by atoms with E-state index in [9.17, 15) is 9.59 Å². The van der Waals surface area contributed by atoms with Crippen molar-refractivity contribution in [2.45, 2.75) is 6.42 Å². The molecule has 80 valence electrons. The van der Waals surface area contributed by atoms with Crippen LogP contribution in [0.1, 0.15) is 6.42 Å². The predicted octanol–water partition coefficient (Wildman–Crippen LogP) is 0.198. The molecular weight excluding hydrogens is 192 g/mol. The number of carboxylic acid groups (broad SMARTS) is 1. The van der Waals surface area contributed by atoms with Gasteiger partial charge in [-0.05, 0) is 0 Å². The van der Waals surface area contributed by atoms with Crippen LogP contribution in [0.2, 0.25) is 0 Å². The van der Waals surface area contributed by atoms with Gasteiger partial charge in [-0.3, -0.25) is 4.89 Å². The lowest BCUT2D eigenvalue weighted by Crippen LogP contribution is -2.00. The Morgan fingerprint density at radius 3 is 2.00 bits per heavy atom. The maximum absolute atomic E-state index is 9.88. The number of hydrogen-bond acceptors (Lipinski definition) is 5. The summed E-state index contributed by atoms with van der Waals surface area (Å²) in [5.41, 5.74) is 0.0486. The predicted molar refractivity (Wildman–Crippen MR) is 47.4 cm³/mol. The van der Waals surface area contributed by atoms with Crippen LogP contribution in [0, 0.1) is 0 Å². The summed E-state index contributed by atoms with van der Waals surface area (Å²) in [6.45, 7) is 6.03. The third kappa shape index (κ3) is 10.3. The molecule has 0 aromatic carbocycles. The van der Waals surface area contributed by atoms with Crippen LogP contribution < -0.4 is 0 Å². The first-order valence-corrected chi connectivity index (χ1v) is 3.49. The van der Waals surface area contributed by atoms with E-state index in [0.29, 0.717) is 0 Å². The van der Waals surface area contributed by atoms with E-state index in [0.717, 1.165) is 6.08 Å². The Morgan fingerprint density at radius 1 is 1.43 bits per heavy atom. The minimum Gasteiger partial charge on any atom is -0.478 e. The maximum atomic E-state index is 9.88. The highest BCUT2D eigenvalue weighted by Gasteiger charge is 1.99. The molecule has 0 fully saturated rings. The monoisotopic (exact) mass is 204 g/mol. The molecule has 0 rings (SSSR count). The molecule has 0 aliphatic heterocycles. The van der Waals surface area contributed by atoms with E-state index < -0.39 is 11.9 Å². The zero-order valence-electron chi connectivity index (χ0n) is 7.47. The number of aliphatic carboxylic acids is 1. The smallest absolute Gasteiger partial charge is 0.365 e. The van der Waals surface area contributed by atoms with Crippen molar-refractivity contribution in [3.63, 3.8) is 0 Å². The van der Waals surface area contributed by atoms with E-state index in [1.54, 1.807) is 0 Å². The van der Waals surface area contributed by atoms with Crippen LogP contribution in [0.5, 0.6) is 0 Å². The van der Waals surface area contributed by atoms with Gasteiger partial charge >= 0.3 is 11.9 Å². The topological polar surface area (TPSA) is 104 Å². The van der Waals surface area contributed by atoms with Crippen LogP contribution in [-0.2, 0) is 14.5 Å². The summed E-state index contributed by atoms with van der Waals surface area (Å²) in [5.74, 6) is -1.88. The lowest BCUT2D eigenvalue weighted by Gasteiger charge is -1.91. The van der Waals surface area contributed by atoms with Gasteiger partial charge in [0.25, 0.3) is 0 Å². The fourth-order valence-electron chi connectivity index (χ4n) is 0.279. The quantitative estimate of drug-likeness (QED) is 0.343. The number of rotatable bonds is 4. The van der Waals surface area contributed by atoms with E-state index in [2.05, 4.69) is 18.0 Å². The highest BCUT2D eigenvalue weighted by molar-refractivity contribution is 5.85. The molecule has 0 unspecified atom stereocenters. The zero-order chi connectivity index (χ0) is 11.6. The molecule has 0 heterocycles. The highest BCUT2D eigenvalue weighted by Crippen LogP contribution is 1.94. The van der Waals surface area contributed by atoms with Gasteiger partial charge in [0.05, 0.1) is 0 Å². The standard InChI is InChI=1S/C5H8O3.C3H4O3/c1-4(2-3-6)5(7)8;1-2-3(4)6-5/h6H,1-3H2,(H,7,8);2,5H,1H2. The Balaban J connectivity index is 0. The van der Waals surface area contributed by atoms with Gasteiger partial charge in [-0.15, -0.1) is 0 Å². The van der Waals surface area contributed by atoms with Crippen molar-refractivity contribution in [1.29, 1.82) is 0 Å². The summed E-state index contributed by atoms with van der Waals surface area (Å²) in [6, 6.07) is 0. The van der Waals surface area contributed by atoms with Gasteiger partial charge < -0.3 is 10.2 Å². The van der Waals surface area contributed by atoms with Crippen LogP contribution in [0.4, 0.5) is 0 Å². The third-order valence-corrected chi connectivity index (χ3v) is 0.973. The van der Waals surface area contributed by atoms with Gasteiger partial charge in [-0.2, -0.15) is 5.26 Å². The molecule has 0 saturated carbocycles. The Kier molecular flexibility index (Phi) is 10.00. The van der Waals surface area contributed by atoms with Gasteiger partial charge in [0, 0.05) is 24.7 Å². The van der Waals surface area contributed by atoms with Crippen molar-refractivity contribution in [1.82, 2.24) is 0 Å². The number of hydrogen-bond donors (Lipinski definition) is 3. The number of aliphatic hydroxyl groups excluding tert-OH is 1. The molecular formula is C8H12O6. The largest absolute Gasteiger partial charge is 0.478 e. The second-order valence-electron chi connectivity index (χ2n) is 2.00. The summed E-state index contributed by atoms with van der Waals surface area (Å²) < 4.78 is 0. The van der Waals surface area contributed by atoms with Crippen LogP contribution in [0.25, 0.3) is 0 Å². The summed E-state index contributed by atoms with van der Waals surface area (Å²) in [4.78, 5) is 22.6. The molecule has 0 bridgehead atoms. The Labute approximate surface area is 80.7 Å². The Hall–Kier alpha value is -1.66. The average molecular weight is 204 g/mol. The number of carbonyl (C=O) groups excluding carboxylic acids is 1. The summed E-state index contributed by atoms with van der Waals surface area (Å²) in [5, 5.41) is 23.7. The van der Waals surface area contributed by atoms with Gasteiger partial charge in [0.2, 0.25) is 0 Å². The third-order valence-electron chi connectivity index (χ3n) is 0.973. The first kappa shape index (κ1) is 14.8. The lowest BCUT2D eigenvalue weighted by atomic mass is 10.2. The normalized spacial score (nSPS) is 7.86. The second-order valence-corrected chi connectivity index (χ2v) is 2.00. The highest BCUT2D eigenvalue weighted by atomic mass is 17.1. The Morgan fingerprint density at radius 2 is 1.93 bits per heavy atom. The molecule has 6 heteroatoms. The van der Waals surface area contributed by atoms with E-state index in [1.807, 2.05) is 0 Å². The van der Waals surface area contributed by atoms with Gasteiger partial charge in [0.15, 0.2) is 0 Å². The van der Waals surface area contributed by atoms with Crippen molar-refractivity contribution < 1.29 is 29.9 Å². The molecule has 14 heavy (non-hydrogen) atoms. The lowest BCUT2D eigenvalue weighted by molar-refractivity contribution is -0.228. The van der Waals surface area contributed by atoms with Crippen molar-refractivity contribution >= 4 is 11.9 Å². The van der Waals surface area contributed by atoms with Crippen LogP contribution in [0.15, 0.2) is 24.8 Å². The first-order chi connectivity index (χ1) is 6.49. The minimum absolute atomic E-state index is 0.0486. The fourth-order valence-corrected chi connectivity index (χ4v) is 0.279. The van der Waals surface area contributed by atoms with E-state index in [1.165, 1.54) is 0 Å². The van der Waals surface area contributed by atoms with Gasteiger partial charge in [-0.1, -0.05) is 13.2 Å². The van der Waals surface area contributed by atoms with Crippen LogP contribution >= 0.6 is 0 Å². The number of aliphatic hydroxyl groups is 1. The number of carbonyl (C=O) groups is 2. The fraction of sp³-hybridized carbons (Fsp3) is 0.250. The Bertz CT molecular complexity index is 220. The van der Waals surface area contributed by atoms with Crippen molar-refractivity contribution in [2.75, 3.05) is 6.61 Å². The molecule has 0 aliphatic carbocycles. The van der Waals surface area contributed by atoms with Gasteiger partial charge in [0.1, 0.15) is 0 Å². The molecule has 0 radical (unpaired) electrons. The maximum Gasteiger partial charge on any atom is 0.365 e. The molecule has 0 saturated heterocycles. The van der Waals surface area contributed by atoms with Crippen molar-refractivity contribution in [3.8, 4) is 0 Å². The SMILES string of the molecule is C=C(CCO)C(=O)O.C=CC(=O)OO. The van der Waals surface area contributed by atoms with E-state index in [-0.39, 0.29) is 18.6 Å². The molecule has 0 aromatic rings. The summed E-state index contributed by atoms with van der Waals surface area (Å²) >= 11 is 0. The zero-order valence-corrected chi connectivity index (χ0v) is 7.47. The molecule has 0 atom stereocenters. The number of carboxylic acids is 1. The molecule has 0 aromatic heterocycles. The molecule has 0 amide bonds. The second kappa shape index (κ2) is 9.43. The van der Waals surface area contributed by atoms with E-state index in [4.69, 9.17) is 15.5 Å². The molecule has 3 N–H and O–H groups in total. The molecule has 0 aliphatic rings. The van der Waals surface area contributed by atoms with Crippen LogP contribution in [-0.4, -0.2) is 34.0 Å². The van der Waals surface area contributed by atoms with E-state index >= 15 is 0 Å².